The monoisotopic (exact) mass is 281 g/mol. The molecule has 7 nitrogen and oxygen atoms in total. The fraction of sp³-hybridized carbons (Fsp3) is 0.308. The molecule has 1 amide bonds. The largest absolute Gasteiger partial charge is 0.478 e. The summed E-state index contributed by atoms with van der Waals surface area (Å²) in [6.07, 6.45) is 0.769. The van der Waals surface area contributed by atoms with E-state index in [0.29, 0.717) is 6.61 Å². The average molecular weight is 281 g/mol. The molecule has 0 unspecified atom stereocenters. The van der Waals surface area contributed by atoms with Crippen molar-refractivity contribution in [2.24, 2.45) is 0 Å². The van der Waals surface area contributed by atoms with Gasteiger partial charge in [0.05, 0.1) is 11.1 Å². The molecule has 0 aliphatic heterocycles. The number of hydrogen-bond donors (Lipinski definition) is 3. The van der Waals surface area contributed by atoms with Gasteiger partial charge in [0.25, 0.3) is 0 Å². The number of benzene rings is 1. The van der Waals surface area contributed by atoms with Crippen LogP contribution in [0.3, 0.4) is 0 Å². The van der Waals surface area contributed by atoms with Gasteiger partial charge >= 0.3 is 11.9 Å². The number of rotatable bonds is 7. The Balaban J connectivity index is 2.86. The summed E-state index contributed by atoms with van der Waals surface area (Å²) in [6, 6.07) is 3.40. The molecule has 0 aromatic heterocycles. The van der Waals surface area contributed by atoms with Gasteiger partial charge in [0.15, 0.2) is 0 Å². The standard InChI is InChI=1S/C13H15NO6/c1-2-3-20-7-11(15)14-10-5-8(12(16)17)4-9(6-10)13(18)19/h4-6H,2-3,7H2,1H3,(H,14,15)(H,16,17)(H,18,19). The first-order valence-corrected chi connectivity index (χ1v) is 5.93. The molecule has 0 heterocycles. The number of carbonyl (C=O) groups is 3. The van der Waals surface area contributed by atoms with E-state index in [4.69, 9.17) is 14.9 Å². The van der Waals surface area contributed by atoms with Crippen LogP contribution in [0, 0.1) is 0 Å². The third-order valence-corrected chi connectivity index (χ3v) is 2.29. The molecule has 3 N–H and O–H groups in total. The van der Waals surface area contributed by atoms with Crippen molar-refractivity contribution in [3.8, 4) is 0 Å². The van der Waals surface area contributed by atoms with Crippen LogP contribution in [0.25, 0.3) is 0 Å². The van der Waals surface area contributed by atoms with Crippen molar-refractivity contribution in [3.63, 3.8) is 0 Å². The number of carboxylic acids is 2. The molecule has 0 radical (unpaired) electrons. The molecule has 20 heavy (non-hydrogen) atoms. The van der Waals surface area contributed by atoms with Gasteiger partial charge in [-0.25, -0.2) is 9.59 Å². The molecule has 0 aliphatic rings. The van der Waals surface area contributed by atoms with Crippen LogP contribution in [-0.4, -0.2) is 41.3 Å². The number of amides is 1. The van der Waals surface area contributed by atoms with Crippen LogP contribution in [0.15, 0.2) is 18.2 Å². The predicted molar refractivity (Wildman–Crippen MR) is 70.1 cm³/mol. The van der Waals surface area contributed by atoms with Gasteiger partial charge in [0.2, 0.25) is 5.91 Å². The zero-order chi connectivity index (χ0) is 15.1. The van der Waals surface area contributed by atoms with Gasteiger partial charge in [-0.15, -0.1) is 0 Å². The second-order valence-electron chi connectivity index (χ2n) is 4.01. The lowest BCUT2D eigenvalue weighted by atomic mass is 10.1. The van der Waals surface area contributed by atoms with E-state index in [1.807, 2.05) is 6.92 Å². The minimum absolute atomic E-state index is 0.104. The van der Waals surface area contributed by atoms with Crippen molar-refractivity contribution >= 4 is 23.5 Å². The molecule has 0 saturated heterocycles. The molecule has 0 spiro atoms. The van der Waals surface area contributed by atoms with Crippen LogP contribution in [-0.2, 0) is 9.53 Å². The Labute approximate surface area is 115 Å². The molecule has 7 heteroatoms. The van der Waals surface area contributed by atoms with Crippen molar-refractivity contribution in [2.75, 3.05) is 18.5 Å². The number of ether oxygens (including phenoxy) is 1. The predicted octanol–water partition coefficient (Wildman–Crippen LogP) is 1.45. The third-order valence-electron chi connectivity index (χ3n) is 2.29. The Morgan fingerprint density at radius 3 is 2.10 bits per heavy atom. The highest BCUT2D eigenvalue weighted by Gasteiger charge is 2.12. The quantitative estimate of drug-likeness (QED) is 0.652. The lowest BCUT2D eigenvalue weighted by Crippen LogP contribution is -2.19. The Kier molecular flexibility index (Phi) is 5.67. The molecule has 1 aromatic rings. The Morgan fingerprint density at radius 2 is 1.65 bits per heavy atom. The van der Waals surface area contributed by atoms with Crippen molar-refractivity contribution < 1.29 is 29.3 Å². The van der Waals surface area contributed by atoms with Crippen LogP contribution >= 0.6 is 0 Å². The highest BCUT2D eigenvalue weighted by Crippen LogP contribution is 2.15. The molecule has 1 rings (SSSR count). The van der Waals surface area contributed by atoms with E-state index < -0.39 is 17.8 Å². The molecule has 0 saturated carbocycles. The number of anilines is 1. The van der Waals surface area contributed by atoms with E-state index in [0.717, 1.165) is 12.5 Å². The van der Waals surface area contributed by atoms with E-state index in [-0.39, 0.29) is 23.4 Å². The molecule has 1 aromatic carbocycles. The Morgan fingerprint density at radius 1 is 1.10 bits per heavy atom. The molecule has 0 bridgehead atoms. The van der Waals surface area contributed by atoms with Gasteiger partial charge < -0.3 is 20.3 Å². The van der Waals surface area contributed by atoms with E-state index in [2.05, 4.69) is 5.32 Å². The minimum Gasteiger partial charge on any atom is -0.478 e. The van der Waals surface area contributed by atoms with E-state index >= 15 is 0 Å². The summed E-state index contributed by atoms with van der Waals surface area (Å²) >= 11 is 0. The number of hydrogen-bond acceptors (Lipinski definition) is 4. The number of carboxylic acid groups (broad SMARTS) is 2. The van der Waals surface area contributed by atoms with Gasteiger partial charge in [-0.05, 0) is 24.6 Å². The van der Waals surface area contributed by atoms with Crippen molar-refractivity contribution in [3.05, 3.63) is 29.3 Å². The molecule has 108 valence electrons. The molecular formula is C13H15NO6. The number of nitrogens with one attached hydrogen (secondary N) is 1. The lowest BCUT2D eigenvalue weighted by molar-refractivity contribution is -0.120. The van der Waals surface area contributed by atoms with Crippen molar-refractivity contribution in [2.45, 2.75) is 13.3 Å². The normalized spacial score (nSPS) is 10.1. The topological polar surface area (TPSA) is 113 Å². The highest BCUT2D eigenvalue weighted by atomic mass is 16.5. The Hall–Kier alpha value is -2.41. The first kappa shape index (κ1) is 15.6. The van der Waals surface area contributed by atoms with Crippen molar-refractivity contribution in [1.82, 2.24) is 0 Å². The zero-order valence-electron chi connectivity index (χ0n) is 10.9. The van der Waals surface area contributed by atoms with Crippen LogP contribution in [0.2, 0.25) is 0 Å². The molecular weight excluding hydrogens is 266 g/mol. The fourth-order valence-electron chi connectivity index (χ4n) is 1.45. The first-order valence-electron chi connectivity index (χ1n) is 5.93. The maximum Gasteiger partial charge on any atom is 0.335 e. The van der Waals surface area contributed by atoms with Gasteiger partial charge in [-0.3, -0.25) is 4.79 Å². The van der Waals surface area contributed by atoms with Crippen LogP contribution in [0.5, 0.6) is 0 Å². The fourth-order valence-corrected chi connectivity index (χ4v) is 1.45. The average Bonchev–Trinajstić information content (AvgIpc) is 2.38. The Bertz CT molecular complexity index is 493. The summed E-state index contributed by atoms with van der Waals surface area (Å²) < 4.78 is 5.03. The molecule has 0 atom stereocenters. The first-order chi connectivity index (χ1) is 9.43. The summed E-state index contributed by atoms with van der Waals surface area (Å²) in [5.74, 6) is -3.02. The minimum atomic E-state index is -1.27. The van der Waals surface area contributed by atoms with Gasteiger partial charge in [-0.2, -0.15) is 0 Å². The smallest absolute Gasteiger partial charge is 0.335 e. The van der Waals surface area contributed by atoms with E-state index in [1.54, 1.807) is 0 Å². The molecule has 0 aliphatic carbocycles. The molecule has 0 fully saturated rings. The maximum atomic E-state index is 11.5. The summed E-state index contributed by atoms with van der Waals surface area (Å²) in [6.45, 7) is 2.16. The van der Waals surface area contributed by atoms with Gasteiger partial charge in [0.1, 0.15) is 6.61 Å². The second kappa shape index (κ2) is 7.25. The SMILES string of the molecule is CCCOCC(=O)Nc1cc(C(=O)O)cc(C(=O)O)c1. The van der Waals surface area contributed by atoms with Crippen LogP contribution in [0.4, 0.5) is 5.69 Å². The summed E-state index contributed by atoms with van der Waals surface area (Å²) in [4.78, 5) is 33.3. The van der Waals surface area contributed by atoms with Crippen molar-refractivity contribution in [1.29, 1.82) is 0 Å². The van der Waals surface area contributed by atoms with Crippen LogP contribution < -0.4 is 5.32 Å². The third kappa shape index (κ3) is 4.69. The summed E-state index contributed by atoms with van der Waals surface area (Å²) in [7, 11) is 0. The number of carbonyl (C=O) groups excluding carboxylic acids is 1. The van der Waals surface area contributed by atoms with E-state index in [9.17, 15) is 14.4 Å². The highest BCUT2D eigenvalue weighted by molar-refractivity contribution is 5.98. The maximum absolute atomic E-state index is 11.5. The lowest BCUT2D eigenvalue weighted by Gasteiger charge is -2.08. The zero-order valence-corrected chi connectivity index (χ0v) is 10.9. The summed E-state index contributed by atoms with van der Waals surface area (Å²) in [5, 5.41) is 20.2. The number of aromatic carboxylic acids is 2. The van der Waals surface area contributed by atoms with Gasteiger partial charge in [0, 0.05) is 12.3 Å². The van der Waals surface area contributed by atoms with E-state index in [1.165, 1.54) is 12.1 Å². The second-order valence-corrected chi connectivity index (χ2v) is 4.01. The summed E-state index contributed by atoms with van der Waals surface area (Å²) in [5.41, 5.74) is -0.322. The van der Waals surface area contributed by atoms with Crippen LogP contribution in [0.1, 0.15) is 34.1 Å². The van der Waals surface area contributed by atoms with Gasteiger partial charge in [-0.1, -0.05) is 6.92 Å².